The molecule has 0 radical (unpaired) electrons. The Balaban J connectivity index is 1.52. The lowest BCUT2D eigenvalue weighted by Crippen LogP contribution is -2.24. The van der Waals surface area contributed by atoms with Crippen LogP contribution < -0.4 is 14.8 Å². The van der Waals surface area contributed by atoms with Crippen LogP contribution in [0.3, 0.4) is 0 Å². The van der Waals surface area contributed by atoms with Crippen LogP contribution in [-0.2, 0) is 4.79 Å². The first-order valence-corrected chi connectivity index (χ1v) is 11.8. The number of nitrogens with zero attached hydrogens (tertiary/aromatic N) is 3. The molecule has 170 valence electrons. The predicted octanol–water partition coefficient (Wildman–Crippen LogP) is 5.31. The van der Waals surface area contributed by atoms with E-state index in [9.17, 15) is 4.79 Å². The minimum absolute atomic E-state index is 0.0310. The van der Waals surface area contributed by atoms with Gasteiger partial charge in [0.25, 0.3) is 0 Å². The van der Waals surface area contributed by atoms with Crippen LogP contribution >= 0.6 is 11.3 Å². The van der Waals surface area contributed by atoms with Gasteiger partial charge >= 0.3 is 0 Å². The Bertz CT molecular complexity index is 1320. The fourth-order valence-corrected chi connectivity index (χ4v) is 5.09. The molecular weight excluding hydrogens is 436 g/mol. The molecule has 0 saturated heterocycles. The summed E-state index contributed by atoms with van der Waals surface area (Å²) >= 11 is 1.52. The lowest BCUT2D eigenvalue weighted by molar-refractivity contribution is -0.116. The Morgan fingerprint density at radius 2 is 1.94 bits per heavy atom. The molecule has 7 nitrogen and oxygen atoms in total. The lowest BCUT2D eigenvalue weighted by atomic mass is 9.86. The number of nitrogens with one attached hydrogen (secondary N) is 1. The lowest BCUT2D eigenvalue weighted by Gasteiger charge is -2.24. The number of rotatable bonds is 6. The van der Waals surface area contributed by atoms with Crippen molar-refractivity contribution >= 4 is 33.3 Å². The van der Waals surface area contributed by atoms with Crippen molar-refractivity contribution in [1.29, 1.82) is 0 Å². The molecule has 3 heterocycles. The van der Waals surface area contributed by atoms with Gasteiger partial charge in [0.05, 0.1) is 29.6 Å². The number of amides is 1. The van der Waals surface area contributed by atoms with Gasteiger partial charge in [0.15, 0.2) is 0 Å². The van der Waals surface area contributed by atoms with Gasteiger partial charge in [-0.05, 0) is 48.7 Å². The minimum atomic E-state index is -0.0730. The summed E-state index contributed by atoms with van der Waals surface area (Å²) in [4.78, 5) is 17.4. The first-order chi connectivity index (χ1) is 15.9. The normalized spacial score (nSPS) is 15.5. The summed E-state index contributed by atoms with van der Waals surface area (Å²) in [5.74, 6) is 2.68. The monoisotopic (exact) mass is 462 g/mol. The number of ether oxygens (including phenoxy) is 2. The number of benzene rings is 2. The van der Waals surface area contributed by atoms with Crippen LogP contribution in [-0.4, -0.2) is 34.4 Å². The third kappa shape index (κ3) is 4.06. The second-order valence-electron chi connectivity index (χ2n) is 8.67. The van der Waals surface area contributed by atoms with E-state index >= 15 is 0 Å². The highest BCUT2D eigenvalue weighted by Crippen LogP contribution is 2.41. The van der Waals surface area contributed by atoms with Gasteiger partial charge in [0.1, 0.15) is 17.3 Å². The van der Waals surface area contributed by atoms with Crippen LogP contribution in [0, 0.1) is 12.8 Å². The Hall–Kier alpha value is -3.39. The van der Waals surface area contributed by atoms with E-state index < -0.39 is 0 Å². The summed E-state index contributed by atoms with van der Waals surface area (Å²) in [5, 5.41) is 8.52. The Kier molecular flexibility index (Phi) is 5.54. The third-order valence-electron chi connectivity index (χ3n) is 5.73. The van der Waals surface area contributed by atoms with Gasteiger partial charge in [-0.1, -0.05) is 37.3 Å². The average Bonchev–Trinajstić information content (AvgIpc) is 3.37. The molecule has 1 unspecified atom stereocenters. The zero-order valence-electron chi connectivity index (χ0n) is 19.1. The number of aryl methyl sites for hydroxylation is 1. The molecule has 1 amide bonds. The van der Waals surface area contributed by atoms with E-state index in [1.165, 1.54) is 11.3 Å². The van der Waals surface area contributed by atoms with Crippen molar-refractivity contribution in [2.45, 2.75) is 33.1 Å². The van der Waals surface area contributed by atoms with E-state index in [4.69, 9.17) is 19.6 Å². The highest BCUT2D eigenvalue weighted by molar-refractivity contribution is 7.20. The molecule has 1 aliphatic heterocycles. The highest BCUT2D eigenvalue weighted by atomic mass is 32.1. The molecule has 4 aromatic rings. The maximum absolute atomic E-state index is 12.7. The Morgan fingerprint density at radius 1 is 1.18 bits per heavy atom. The Morgan fingerprint density at radius 3 is 2.67 bits per heavy atom. The molecule has 1 aliphatic rings. The zero-order chi connectivity index (χ0) is 23.1. The Labute approximate surface area is 196 Å². The maximum atomic E-state index is 12.7. The fourth-order valence-electron chi connectivity index (χ4n) is 4.14. The van der Waals surface area contributed by atoms with Crippen molar-refractivity contribution in [1.82, 2.24) is 14.8 Å². The van der Waals surface area contributed by atoms with Gasteiger partial charge in [0, 0.05) is 17.9 Å². The predicted molar refractivity (Wildman–Crippen MR) is 130 cm³/mol. The van der Waals surface area contributed by atoms with Gasteiger partial charge in [-0.25, -0.2) is 4.98 Å². The van der Waals surface area contributed by atoms with Gasteiger partial charge in [0.2, 0.25) is 11.0 Å². The van der Waals surface area contributed by atoms with Crippen molar-refractivity contribution in [2.75, 3.05) is 19.0 Å². The molecule has 0 spiro atoms. The van der Waals surface area contributed by atoms with E-state index in [0.717, 1.165) is 38.5 Å². The number of methoxy groups -OCH3 is 1. The summed E-state index contributed by atoms with van der Waals surface area (Å²) in [6, 6.07) is 13.8. The van der Waals surface area contributed by atoms with Gasteiger partial charge < -0.3 is 14.8 Å². The van der Waals surface area contributed by atoms with Crippen molar-refractivity contribution in [3.8, 4) is 16.6 Å². The molecule has 1 atom stereocenters. The molecule has 2 aromatic carbocycles. The summed E-state index contributed by atoms with van der Waals surface area (Å²) in [5.41, 5.74) is 3.85. The number of fused-ring (bicyclic) bond motifs is 2. The molecule has 2 aromatic heterocycles. The first kappa shape index (κ1) is 21.5. The van der Waals surface area contributed by atoms with Crippen molar-refractivity contribution in [3.05, 3.63) is 59.3 Å². The molecule has 8 heteroatoms. The number of anilines is 1. The van der Waals surface area contributed by atoms with Crippen LogP contribution in [0.4, 0.5) is 5.82 Å². The van der Waals surface area contributed by atoms with Gasteiger partial charge in [-0.15, -0.1) is 0 Å². The largest absolute Gasteiger partial charge is 0.497 e. The molecule has 1 N–H and O–H groups in total. The summed E-state index contributed by atoms with van der Waals surface area (Å²) in [6.45, 7) is 6.91. The molecular formula is C25H26N4O3S. The van der Waals surface area contributed by atoms with Crippen LogP contribution in [0.5, 0.6) is 11.5 Å². The van der Waals surface area contributed by atoms with Gasteiger partial charge in [-0.2, -0.15) is 9.78 Å². The number of carbonyl (C=O) groups is 1. The van der Waals surface area contributed by atoms with E-state index in [1.54, 1.807) is 11.8 Å². The first-order valence-electron chi connectivity index (χ1n) is 11.0. The smallest absolute Gasteiger partial charge is 0.226 e. The zero-order valence-corrected chi connectivity index (χ0v) is 19.9. The highest BCUT2D eigenvalue weighted by Gasteiger charge is 2.33. The van der Waals surface area contributed by atoms with Crippen molar-refractivity contribution in [2.24, 2.45) is 5.92 Å². The SMILES string of the molecule is COc1ccc2nc(-n3nc(C)c4c3NC(=O)CC4c3ccc(OCC(C)C)cc3)sc2c1. The second kappa shape index (κ2) is 8.51. The summed E-state index contributed by atoms with van der Waals surface area (Å²) in [7, 11) is 1.65. The quantitative estimate of drug-likeness (QED) is 0.420. The number of hydrogen-bond acceptors (Lipinski definition) is 6. The van der Waals surface area contributed by atoms with Crippen LogP contribution in [0.25, 0.3) is 15.3 Å². The van der Waals surface area contributed by atoms with E-state index in [0.29, 0.717) is 29.9 Å². The molecule has 0 bridgehead atoms. The van der Waals surface area contributed by atoms with E-state index in [-0.39, 0.29) is 11.8 Å². The third-order valence-corrected chi connectivity index (χ3v) is 6.73. The molecule has 0 saturated carbocycles. The van der Waals surface area contributed by atoms with Crippen LogP contribution in [0.1, 0.15) is 43.0 Å². The van der Waals surface area contributed by atoms with E-state index in [2.05, 4.69) is 19.2 Å². The van der Waals surface area contributed by atoms with Gasteiger partial charge in [-0.3, -0.25) is 4.79 Å². The molecule has 0 aliphatic carbocycles. The van der Waals surface area contributed by atoms with Crippen LogP contribution in [0.2, 0.25) is 0 Å². The number of carbonyl (C=O) groups excluding carboxylic acids is 1. The maximum Gasteiger partial charge on any atom is 0.226 e. The van der Waals surface area contributed by atoms with Crippen LogP contribution in [0.15, 0.2) is 42.5 Å². The standard InChI is InChI=1S/C25H26N4O3S/c1-14(2)13-32-17-7-5-16(6-8-17)19-12-22(30)27-24-23(19)15(3)28-29(24)25-26-20-10-9-18(31-4)11-21(20)33-25/h5-11,14,19H,12-13H2,1-4H3,(H,27,30). The average molecular weight is 463 g/mol. The molecule has 0 fully saturated rings. The number of aromatic nitrogens is 3. The fraction of sp³-hybridized carbons (Fsp3) is 0.320. The number of hydrogen-bond donors (Lipinski definition) is 1. The molecule has 5 rings (SSSR count). The number of thiazole rings is 1. The van der Waals surface area contributed by atoms with Crippen molar-refractivity contribution < 1.29 is 14.3 Å². The second-order valence-corrected chi connectivity index (χ2v) is 9.68. The molecule has 33 heavy (non-hydrogen) atoms. The minimum Gasteiger partial charge on any atom is -0.497 e. The van der Waals surface area contributed by atoms with Crippen molar-refractivity contribution in [3.63, 3.8) is 0 Å². The summed E-state index contributed by atoms with van der Waals surface area (Å²) < 4.78 is 13.9. The topological polar surface area (TPSA) is 78.3 Å². The summed E-state index contributed by atoms with van der Waals surface area (Å²) in [6.07, 6.45) is 0.378. The van der Waals surface area contributed by atoms with E-state index in [1.807, 2.05) is 49.4 Å².